The quantitative estimate of drug-likeness (QED) is 0.262. The number of amides is 1. The number of benzene rings is 2. The van der Waals surface area contributed by atoms with Gasteiger partial charge in [0.15, 0.2) is 0 Å². The van der Waals surface area contributed by atoms with Gasteiger partial charge < -0.3 is 19.8 Å². The van der Waals surface area contributed by atoms with Crippen LogP contribution in [0.4, 0.5) is 23.4 Å². The number of halogens is 4. The average Bonchev–Trinajstić information content (AvgIpc) is 3.28. The fourth-order valence-corrected chi connectivity index (χ4v) is 8.05. The Bertz CT molecular complexity index is 2030. The second kappa shape index (κ2) is 9.81. The van der Waals surface area contributed by atoms with Crippen molar-refractivity contribution in [2.45, 2.75) is 30.5 Å². The third-order valence-electron chi connectivity index (χ3n) is 8.63. The van der Waals surface area contributed by atoms with E-state index in [0.29, 0.717) is 0 Å². The molecule has 0 atom stereocenters. The van der Waals surface area contributed by atoms with Gasteiger partial charge in [0.1, 0.15) is 22.9 Å². The Morgan fingerprint density at radius 3 is 2.43 bits per heavy atom. The van der Waals surface area contributed by atoms with E-state index < -0.39 is 34.4 Å². The van der Waals surface area contributed by atoms with Gasteiger partial charge in [0.25, 0.3) is 0 Å². The summed E-state index contributed by atoms with van der Waals surface area (Å²) in [6, 6.07) is 3.13. The molecular weight excluding hydrogens is 604 g/mol. The molecule has 2 fully saturated rings. The van der Waals surface area contributed by atoms with Gasteiger partial charge in [0, 0.05) is 78.1 Å². The first-order chi connectivity index (χ1) is 20.9. The summed E-state index contributed by atoms with van der Waals surface area (Å²) in [7, 11) is 0. The van der Waals surface area contributed by atoms with E-state index in [1.807, 2.05) is 0 Å². The third-order valence-corrected chi connectivity index (χ3v) is 10.1. The molecule has 2 aromatic carbocycles. The number of fused-ring (bicyclic) bond motifs is 1. The second-order valence-corrected chi connectivity index (χ2v) is 12.4. The van der Waals surface area contributed by atoms with E-state index in [1.165, 1.54) is 16.7 Å². The maximum atomic E-state index is 15.0. The predicted molar refractivity (Wildman–Crippen MR) is 155 cm³/mol. The van der Waals surface area contributed by atoms with E-state index in [9.17, 15) is 23.6 Å². The van der Waals surface area contributed by atoms with E-state index >= 15 is 13.2 Å². The van der Waals surface area contributed by atoms with Crippen LogP contribution in [0.25, 0.3) is 33.1 Å². The van der Waals surface area contributed by atoms with Crippen molar-refractivity contribution in [3.8, 4) is 11.1 Å². The van der Waals surface area contributed by atoms with Crippen molar-refractivity contribution >= 4 is 51.2 Å². The van der Waals surface area contributed by atoms with E-state index in [-0.39, 0.29) is 107 Å². The number of alkyl halides is 3. The van der Waals surface area contributed by atoms with Crippen LogP contribution in [0.2, 0.25) is 0 Å². The number of carbonyl (C=O) groups excluding carboxylic acids is 2. The molecule has 1 spiro atoms. The molecule has 3 aliphatic rings. The minimum atomic E-state index is -4.90. The molecule has 0 radical (unpaired) electrons. The van der Waals surface area contributed by atoms with Crippen LogP contribution in [0.3, 0.4) is 0 Å². The summed E-state index contributed by atoms with van der Waals surface area (Å²) in [6.07, 6.45) is -3.36. The Kier molecular flexibility index (Phi) is 6.32. The molecule has 0 unspecified atom stereocenters. The number of aromatic nitrogens is 4. The zero-order chi connectivity index (χ0) is 31.1. The van der Waals surface area contributed by atoms with Crippen molar-refractivity contribution < 1.29 is 27.2 Å². The van der Waals surface area contributed by atoms with E-state index in [4.69, 9.17) is 0 Å². The highest BCUT2D eigenvalue weighted by molar-refractivity contribution is 7.99. The third kappa shape index (κ3) is 4.35. The van der Waals surface area contributed by atoms with E-state index in [0.717, 1.165) is 23.9 Å². The molecule has 228 valence electrons. The fraction of sp³-hybridized carbons (Fsp3) is 0.345. The molecule has 1 saturated heterocycles. The number of hydrogen-bond acceptors (Lipinski definition) is 7. The Hall–Kier alpha value is -4.40. The largest absolute Gasteiger partial charge is 0.417 e. The van der Waals surface area contributed by atoms with Crippen molar-refractivity contribution in [2.75, 3.05) is 36.8 Å². The van der Waals surface area contributed by atoms with Gasteiger partial charge in [-0.1, -0.05) is 6.58 Å². The van der Waals surface area contributed by atoms with Crippen LogP contribution < -0.4 is 16.3 Å². The minimum Gasteiger partial charge on any atom is -0.352 e. The molecule has 4 heterocycles. The summed E-state index contributed by atoms with van der Waals surface area (Å²) in [6.45, 7) is 4.53. The van der Waals surface area contributed by atoms with Crippen LogP contribution >= 0.6 is 11.8 Å². The summed E-state index contributed by atoms with van der Waals surface area (Å²) < 4.78 is 61.1. The number of imidazole rings is 1. The lowest BCUT2D eigenvalue weighted by Crippen LogP contribution is -2.49. The molecule has 4 aromatic rings. The molecule has 15 heteroatoms. The topological polar surface area (TPSA) is 124 Å². The number of nitrogens with zero attached hydrogens (tertiary/aromatic N) is 4. The first-order valence-electron chi connectivity index (χ1n) is 13.8. The standard InChI is InChI=1S/C29H24F4N6O4S/c1-2-19(41)37-5-7-38(8-6-37)25-16-9-17(29(31,32)33)20(15-3-4-18(30)22-21(15)34-26(42)35-22)24-23(16)39(27(43)36-25)12-28(13-44-24)10-14(40)11-28/h2-4,9H,1,5-8,10-13H2,(H2,34,35,42). The number of Topliss-reactive ketones (excluding diaryl/α,β-unsaturated/α-hetero) is 1. The van der Waals surface area contributed by atoms with Crippen molar-refractivity contribution in [1.29, 1.82) is 0 Å². The number of piperazine rings is 1. The van der Waals surface area contributed by atoms with Crippen LogP contribution in [0.1, 0.15) is 18.4 Å². The van der Waals surface area contributed by atoms with Gasteiger partial charge in [0.05, 0.1) is 16.6 Å². The highest BCUT2D eigenvalue weighted by Gasteiger charge is 2.47. The van der Waals surface area contributed by atoms with Gasteiger partial charge in [0.2, 0.25) is 5.91 Å². The molecule has 0 bridgehead atoms. The van der Waals surface area contributed by atoms with Gasteiger partial charge in [-0.25, -0.2) is 14.0 Å². The van der Waals surface area contributed by atoms with Crippen LogP contribution in [-0.4, -0.2) is 68.0 Å². The van der Waals surface area contributed by atoms with Crippen molar-refractivity contribution in [3.63, 3.8) is 0 Å². The Balaban J connectivity index is 1.53. The summed E-state index contributed by atoms with van der Waals surface area (Å²) >= 11 is 1.11. The normalized spacial score (nSPS) is 18.1. The first-order valence-corrected chi connectivity index (χ1v) is 14.8. The summed E-state index contributed by atoms with van der Waals surface area (Å²) in [5.41, 5.74) is -3.70. The summed E-state index contributed by atoms with van der Waals surface area (Å²) in [5.74, 6) is -0.779. The van der Waals surface area contributed by atoms with Gasteiger partial charge in [-0.2, -0.15) is 18.2 Å². The zero-order valence-electron chi connectivity index (χ0n) is 23.0. The zero-order valence-corrected chi connectivity index (χ0v) is 23.8. The smallest absolute Gasteiger partial charge is 0.352 e. The highest BCUT2D eigenvalue weighted by Crippen LogP contribution is 2.53. The maximum absolute atomic E-state index is 15.0. The summed E-state index contributed by atoms with van der Waals surface area (Å²) in [4.78, 5) is 62.5. The highest BCUT2D eigenvalue weighted by atomic mass is 32.2. The number of aromatic amines is 2. The molecule has 44 heavy (non-hydrogen) atoms. The Morgan fingerprint density at radius 2 is 1.77 bits per heavy atom. The first kappa shape index (κ1) is 28.4. The molecule has 1 amide bonds. The number of hydrogen-bond donors (Lipinski definition) is 2. The minimum absolute atomic E-state index is 0.00119. The molecular formula is C29H24F4N6O4S. The van der Waals surface area contributed by atoms with Gasteiger partial charge >= 0.3 is 17.6 Å². The van der Waals surface area contributed by atoms with Crippen LogP contribution in [0, 0.1) is 11.2 Å². The van der Waals surface area contributed by atoms with Gasteiger partial charge in [-0.05, 0) is 24.3 Å². The summed E-state index contributed by atoms with van der Waals surface area (Å²) in [5, 5.41) is 0.0929. The number of thioether (sulfide) groups is 1. The van der Waals surface area contributed by atoms with Crippen LogP contribution in [0.15, 0.2) is 45.3 Å². The number of H-pyrrole nitrogens is 2. The van der Waals surface area contributed by atoms with Gasteiger partial charge in [-0.3, -0.25) is 14.2 Å². The molecule has 1 saturated carbocycles. The second-order valence-electron chi connectivity index (χ2n) is 11.4. The molecule has 2 aromatic heterocycles. The molecule has 10 nitrogen and oxygen atoms in total. The van der Waals surface area contributed by atoms with E-state index in [2.05, 4.69) is 21.5 Å². The van der Waals surface area contributed by atoms with Gasteiger partial charge in [-0.15, -0.1) is 11.8 Å². The number of ketones is 1. The monoisotopic (exact) mass is 628 g/mol. The number of nitrogens with one attached hydrogen (secondary N) is 2. The van der Waals surface area contributed by atoms with Crippen LogP contribution in [0.5, 0.6) is 0 Å². The average molecular weight is 629 g/mol. The van der Waals surface area contributed by atoms with Crippen LogP contribution in [-0.2, 0) is 22.3 Å². The van der Waals surface area contributed by atoms with Crippen molar-refractivity contribution in [1.82, 2.24) is 24.4 Å². The molecule has 7 rings (SSSR count). The lowest BCUT2D eigenvalue weighted by atomic mass is 9.69. The fourth-order valence-electron chi connectivity index (χ4n) is 6.58. The Morgan fingerprint density at radius 1 is 1.07 bits per heavy atom. The molecule has 2 N–H and O–H groups in total. The number of rotatable bonds is 3. The number of carbonyl (C=O) groups is 2. The maximum Gasteiger partial charge on any atom is 0.417 e. The van der Waals surface area contributed by atoms with E-state index in [1.54, 1.807) is 9.80 Å². The molecule has 1 aliphatic carbocycles. The van der Waals surface area contributed by atoms with Crippen molar-refractivity contribution in [2.24, 2.45) is 5.41 Å². The Labute approximate surface area is 249 Å². The van der Waals surface area contributed by atoms with Crippen molar-refractivity contribution in [3.05, 3.63) is 63.2 Å². The SMILES string of the molecule is C=CC(=O)N1CCN(c2nc(=O)n3c4c(c(-c5ccc(F)c6[nH]c(=O)[nH]c56)c(C(F)(F)F)cc24)SCC2(CC(=O)C2)C3)CC1. The lowest BCUT2D eigenvalue weighted by molar-refractivity contribution is -0.137. The lowest BCUT2D eigenvalue weighted by Gasteiger charge is -2.39. The predicted octanol–water partition coefficient (Wildman–Crippen LogP) is 3.68. The number of anilines is 1. The molecule has 2 aliphatic heterocycles.